The van der Waals surface area contributed by atoms with E-state index in [1.807, 2.05) is 4.90 Å². The van der Waals surface area contributed by atoms with Crippen LogP contribution in [0.25, 0.3) is 0 Å². The summed E-state index contributed by atoms with van der Waals surface area (Å²) in [4.78, 5) is 14.6. The van der Waals surface area contributed by atoms with Crippen LogP contribution in [0, 0.1) is 9.49 Å². The van der Waals surface area contributed by atoms with E-state index in [0.717, 1.165) is 31.5 Å². The Morgan fingerprint density at radius 3 is 2.78 bits per heavy atom. The van der Waals surface area contributed by atoms with Crippen LogP contribution in [0.4, 0.5) is 5.69 Å². The zero-order valence-electron chi connectivity index (χ0n) is 10.5. The maximum absolute atomic E-state index is 12.6. The SMILES string of the molecule is O=C(C1CCCCC1)N1CCc2cc(I)ccc21. The molecule has 0 N–H and O–H groups in total. The van der Waals surface area contributed by atoms with Crippen LogP contribution in [-0.4, -0.2) is 12.5 Å². The van der Waals surface area contributed by atoms with Crippen molar-refractivity contribution in [1.82, 2.24) is 0 Å². The molecule has 0 radical (unpaired) electrons. The number of rotatable bonds is 1. The van der Waals surface area contributed by atoms with Crippen molar-refractivity contribution < 1.29 is 4.79 Å². The fourth-order valence-corrected chi connectivity index (χ4v) is 3.72. The van der Waals surface area contributed by atoms with Crippen LogP contribution in [-0.2, 0) is 11.2 Å². The molecule has 1 heterocycles. The number of nitrogens with zero attached hydrogens (tertiary/aromatic N) is 1. The van der Waals surface area contributed by atoms with Crippen LogP contribution < -0.4 is 4.90 Å². The van der Waals surface area contributed by atoms with Gasteiger partial charge in [0.25, 0.3) is 0 Å². The van der Waals surface area contributed by atoms with Crippen molar-refractivity contribution in [1.29, 1.82) is 0 Å². The van der Waals surface area contributed by atoms with E-state index in [4.69, 9.17) is 0 Å². The Balaban J connectivity index is 1.80. The van der Waals surface area contributed by atoms with Crippen LogP contribution in [0.5, 0.6) is 0 Å². The van der Waals surface area contributed by atoms with Gasteiger partial charge in [0.15, 0.2) is 0 Å². The number of amides is 1. The summed E-state index contributed by atoms with van der Waals surface area (Å²) in [5.41, 5.74) is 2.50. The molecule has 1 aliphatic heterocycles. The number of hydrogen-bond donors (Lipinski definition) is 0. The van der Waals surface area contributed by atoms with Crippen molar-refractivity contribution in [2.75, 3.05) is 11.4 Å². The number of benzene rings is 1. The molecule has 2 aliphatic rings. The number of hydrogen-bond acceptors (Lipinski definition) is 1. The van der Waals surface area contributed by atoms with Crippen LogP contribution >= 0.6 is 22.6 Å². The van der Waals surface area contributed by atoms with Gasteiger partial charge >= 0.3 is 0 Å². The predicted molar refractivity (Wildman–Crippen MR) is 81.8 cm³/mol. The maximum Gasteiger partial charge on any atom is 0.230 e. The fourth-order valence-electron chi connectivity index (χ4n) is 3.17. The molecule has 1 amide bonds. The molecule has 1 aromatic rings. The third-order valence-corrected chi connectivity index (χ3v) is 4.83. The second kappa shape index (κ2) is 5.19. The van der Waals surface area contributed by atoms with Crippen molar-refractivity contribution in [2.24, 2.45) is 5.92 Å². The monoisotopic (exact) mass is 355 g/mol. The van der Waals surface area contributed by atoms with Crippen LogP contribution in [0.1, 0.15) is 37.7 Å². The highest BCUT2D eigenvalue weighted by Gasteiger charge is 2.30. The molecule has 1 aromatic carbocycles. The molecule has 3 rings (SSSR count). The zero-order valence-corrected chi connectivity index (χ0v) is 12.7. The summed E-state index contributed by atoms with van der Waals surface area (Å²) in [6.07, 6.45) is 6.96. The van der Waals surface area contributed by atoms with E-state index in [1.54, 1.807) is 0 Å². The minimum atomic E-state index is 0.281. The standard InChI is InChI=1S/C15H18INO/c16-13-6-7-14-12(10-13)8-9-17(14)15(18)11-4-2-1-3-5-11/h6-7,10-11H,1-5,8-9H2. The highest BCUT2D eigenvalue weighted by Crippen LogP contribution is 2.33. The van der Waals surface area contributed by atoms with Crippen molar-refractivity contribution >= 4 is 34.2 Å². The lowest BCUT2D eigenvalue weighted by Gasteiger charge is -2.26. The summed E-state index contributed by atoms with van der Waals surface area (Å²) in [6.45, 7) is 0.880. The van der Waals surface area contributed by atoms with Gasteiger partial charge in [0, 0.05) is 21.7 Å². The average Bonchev–Trinajstić information content (AvgIpc) is 2.81. The van der Waals surface area contributed by atoms with Gasteiger partial charge in [-0.3, -0.25) is 4.79 Å². The molecule has 2 nitrogen and oxygen atoms in total. The molecule has 0 atom stereocenters. The number of fused-ring (bicyclic) bond motifs is 1. The lowest BCUT2D eigenvalue weighted by molar-refractivity contribution is -0.123. The van der Waals surface area contributed by atoms with Crippen molar-refractivity contribution in [3.8, 4) is 0 Å². The molecule has 1 saturated carbocycles. The van der Waals surface area contributed by atoms with E-state index in [2.05, 4.69) is 40.8 Å². The summed E-state index contributed by atoms with van der Waals surface area (Å²) in [5, 5.41) is 0. The van der Waals surface area contributed by atoms with E-state index in [1.165, 1.54) is 28.4 Å². The third kappa shape index (κ3) is 2.29. The second-order valence-corrected chi connectivity index (χ2v) is 6.59. The summed E-state index contributed by atoms with van der Waals surface area (Å²) >= 11 is 2.34. The largest absolute Gasteiger partial charge is 0.312 e. The Morgan fingerprint density at radius 1 is 1.22 bits per heavy atom. The Kier molecular flexibility index (Phi) is 3.59. The van der Waals surface area contributed by atoms with Gasteiger partial charge < -0.3 is 4.90 Å². The molecule has 3 heteroatoms. The third-order valence-electron chi connectivity index (χ3n) is 4.16. The molecule has 1 aliphatic carbocycles. The Hall–Kier alpha value is -0.580. The van der Waals surface area contributed by atoms with E-state index >= 15 is 0 Å². The topological polar surface area (TPSA) is 20.3 Å². The summed E-state index contributed by atoms with van der Waals surface area (Å²) in [5.74, 6) is 0.652. The molecule has 0 spiro atoms. The molecular formula is C15H18INO. The van der Waals surface area contributed by atoms with Crippen molar-refractivity contribution in [3.63, 3.8) is 0 Å². The summed E-state index contributed by atoms with van der Waals surface area (Å²) in [7, 11) is 0. The average molecular weight is 355 g/mol. The lowest BCUT2D eigenvalue weighted by atomic mass is 9.88. The van der Waals surface area contributed by atoms with Crippen molar-refractivity contribution in [2.45, 2.75) is 38.5 Å². The zero-order chi connectivity index (χ0) is 12.5. The van der Waals surface area contributed by atoms with Gasteiger partial charge in [-0.05, 0) is 65.6 Å². The summed E-state index contributed by atoms with van der Waals surface area (Å²) < 4.78 is 1.26. The van der Waals surface area contributed by atoms with Crippen LogP contribution in [0.2, 0.25) is 0 Å². The van der Waals surface area contributed by atoms with E-state index in [9.17, 15) is 4.79 Å². The second-order valence-electron chi connectivity index (χ2n) is 5.35. The van der Waals surface area contributed by atoms with Gasteiger partial charge in [0.2, 0.25) is 5.91 Å². The van der Waals surface area contributed by atoms with Gasteiger partial charge in [-0.15, -0.1) is 0 Å². The minimum Gasteiger partial charge on any atom is -0.312 e. The Bertz CT molecular complexity index is 466. The van der Waals surface area contributed by atoms with Gasteiger partial charge in [0.05, 0.1) is 0 Å². The Labute approximate surface area is 122 Å². The highest BCUT2D eigenvalue weighted by atomic mass is 127. The Morgan fingerprint density at radius 2 is 2.00 bits per heavy atom. The fraction of sp³-hybridized carbons (Fsp3) is 0.533. The van der Waals surface area contributed by atoms with E-state index in [0.29, 0.717) is 5.91 Å². The molecule has 0 unspecified atom stereocenters. The first-order valence-electron chi connectivity index (χ1n) is 6.85. The first-order chi connectivity index (χ1) is 8.75. The van der Waals surface area contributed by atoms with Gasteiger partial charge in [-0.1, -0.05) is 19.3 Å². The molecular weight excluding hydrogens is 337 g/mol. The van der Waals surface area contributed by atoms with E-state index in [-0.39, 0.29) is 5.92 Å². The number of carbonyl (C=O) groups excluding carboxylic acids is 1. The first-order valence-corrected chi connectivity index (χ1v) is 7.93. The number of carbonyl (C=O) groups is 1. The van der Waals surface area contributed by atoms with Gasteiger partial charge in [0.1, 0.15) is 0 Å². The summed E-state index contributed by atoms with van der Waals surface area (Å²) in [6, 6.07) is 6.43. The van der Waals surface area contributed by atoms with E-state index < -0.39 is 0 Å². The molecule has 96 valence electrons. The molecule has 1 fully saturated rings. The predicted octanol–water partition coefficient (Wildman–Crippen LogP) is 3.76. The molecule has 0 bridgehead atoms. The normalized spacial score (nSPS) is 19.9. The number of halogens is 1. The maximum atomic E-state index is 12.6. The van der Waals surface area contributed by atoms with Gasteiger partial charge in [-0.2, -0.15) is 0 Å². The van der Waals surface area contributed by atoms with Crippen molar-refractivity contribution in [3.05, 3.63) is 27.3 Å². The molecule has 18 heavy (non-hydrogen) atoms. The first kappa shape index (κ1) is 12.5. The quantitative estimate of drug-likeness (QED) is 0.703. The smallest absolute Gasteiger partial charge is 0.230 e. The molecule has 0 saturated heterocycles. The number of anilines is 1. The van der Waals surface area contributed by atoms with Crippen LogP contribution in [0.3, 0.4) is 0 Å². The lowest BCUT2D eigenvalue weighted by Crippen LogP contribution is -2.35. The highest BCUT2D eigenvalue weighted by molar-refractivity contribution is 14.1. The van der Waals surface area contributed by atoms with Gasteiger partial charge in [-0.25, -0.2) is 0 Å². The minimum absolute atomic E-state index is 0.281. The molecule has 0 aromatic heterocycles. The van der Waals surface area contributed by atoms with Crippen LogP contribution in [0.15, 0.2) is 18.2 Å².